The Morgan fingerprint density at radius 1 is 0.611 bits per heavy atom. The van der Waals surface area contributed by atoms with Gasteiger partial charge in [0.05, 0.1) is 25.7 Å². The van der Waals surface area contributed by atoms with Crippen LogP contribution in [0.25, 0.3) is 0 Å². The summed E-state index contributed by atoms with van der Waals surface area (Å²) in [7, 11) is 0. The highest BCUT2D eigenvalue weighted by Crippen LogP contribution is 2.18. The highest BCUT2D eigenvalue weighted by atomic mass is 32.1. The third kappa shape index (κ3) is 30.8. The lowest BCUT2D eigenvalue weighted by Gasteiger charge is -2.24. The molecule has 0 fully saturated rings. The molecule has 11 nitrogen and oxygen atoms in total. The summed E-state index contributed by atoms with van der Waals surface area (Å²) >= 11 is 11.2. The molecule has 0 atom stereocenters. The van der Waals surface area contributed by atoms with Gasteiger partial charge in [0.15, 0.2) is 0 Å². The van der Waals surface area contributed by atoms with E-state index in [1.807, 2.05) is 6.92 Å². The van der Waals surface area contributed by atoms with Crippen molar-refractivity contribution in [3.05, 3.63) is 0 Å². The van der Waals surface area contributed by atoms with Crippen molar-refractivity contribution in [1.82, 2.24) is 0 Å². The number of rotatable bonds is 8. The summed E-state index contributed by atoms with van der Waals surface area (Å²) in [6.07, 6.45) is 0.594. The van der Waals surface area contributed by atoms with Crippen LogP contribution >= 0.6 is 37.9 Å². The first kappa shape index (κ1) is 44.8. The Bertz CT molecular complexity index is 554. The number of carboxylic acids is 4. The Hall–Kier alpha value is -1.19. The monoisotopic (exact) mass is 582 g/mol. The van der Waals surface area contributed by atoms with Gasteiger partial charge in [-0.3, -0.25) is 19.2 Å². The molecule has 0 rings (SSSR count). The lowest BCUT2D eigenvalue weighted by Crippen LogP contribution is -2.32. The molecule has 0 bridgehead atoms. The third-order valence-corrected chi connectivity index (χ3v) is 4.39. The van der Waals surface area contributed by atoms with Crippen molar-refractivity contribution in [1.29, 1.82) is 0 Å². The number of hydrogen-bond donors (Lipinski definition) is 10. The maximum atomic E-state index is 9.94. The van der Waals surface area contributed by atoms with Gasteiger partial charge in [-0.25, -0.2) is 0 Å². The van der Waals surface area contributed by atoms with Crippen LogP contribution in [0.5, 0.6) is 0 Å². The zero-order valence-corrected chi connectivity index (χ0v) is 25.2. The minimum absolute atomic E-state index is 0.156. The molecule has 0 aromatic heterocycles. The molecule has 0 unspecified atom stereocenters. The number of hydrogen-bond acceptors (Lipinski definition) is 10. The third-order valence-electron chi connectivity index (χ3n) is 3.82. The molecule has 0 aliphatic carbocycles. The summed E-state index contributed by atoms with van der Waals surface area (Å²) in [5.41, 5.74) is -0.667. The molecule has 36 heavy (non-hydrogen) atoms. The Morgan fingerprint density at radius 3 is 0.750 bits per heavy atom. The summed E-state index contributed by atoms with van der Waals surface area (Å²) in [5, 5.41) is 58.5. The Labute approximate surface area is 230 Å². The van der Waals surface area contributed by atoms with E-state index in [0.29, 0.717) is 6.42 Å². The van der Waals surface area contributed by atoms with Crippen molar-refractivity contribution >= 4 is 61.8 Å². The molecule has 0 radical (unpaired) electrons. The molecule has 0 aromatic rings. The van der Waals surface area contributed by atoms with E-state index in [4.69, 9.17) is 35.7 Å². The van der Waals surface area contributed by atoms with Gasteiger partial charge in [0.25, 0.3) is 0 Å². The smallest absolute Gasteiger partial charge is 0.318 e. The van der Waals surface area contributed by atoms with E-state index in [-0.39, 0.29) is 25.7 Å². The fourth-order valence-electron chi connectivity index (χ4n) is 0.485. The molecule has 14 heteroatoms. The SMILES string of the molecule is CC(C)(S)C(=O)O.CC(C)(S)C(=O)O.CC(C)(S)C(=O)O.CC(C)C(=O)O.CCC(CO)(CO)CO. The van der Waals surface area contributed by atoms with E-state index in [1.165, 1.54) is 41.5 Å². The first-order valence-electron chi connectivity index (χ1n) is 10.6. The Kier molecular flexibility index (Phi) is 25.9. The minimum Gasteiger partial charge on any atom is -0.481 e. The molecule has 0 amide bonds. The van der Waals surface area contributed by atoms with Crippen molar-refractivity contribution in [2.45, 2.75) is 83.0 Å². The van der Waals surface area contributed by atoms with Crippen LogP contribution in [0.3, 0.4) is 0 Å². The van der Waals surface area contributed by atoms with E-state index in [2.05, 4.69) is 37.9 Å². The van der Waals surface area contributed by atoms with Crippen molar-refractivity contribution in [3.8, 4) is 0 Å². The normalized spacial score (nSPS) is 11.1. The Balaban J connectivity index is -0.000000112. The average Bonchev–Trinajstić information content (AvgIpc) is 2.70. The van der Waals surface area contributed by atoms with Gasteiger partial charge >= 0.3 is 23.9 Å². The summed E-state index contributed by atoms with van der Waals surface area (Å²) in [4.78, 5) is 39.5. The van der Waals surface area contributed by atoms with E-state index >= 15 is 0 Å². The zero-order chi connectivity index (χ0) is 30.7. The van der Waals surface area contributed by atoms with Gasteiger partial charge in [0, 0.05) is 5.41 Å². The first-order valence-corrected chi connectivity index (χ1v) is 12.0. The number of aliphatic hydroxyl groups is 3. The van der Waals surface area contributed by atoms with E-state index in [9.17, 15) is 19.2 Å². The van der Waals surface area contributed by atoms with E-state index in [0.717, 1.165) is 0 Å². The van der Waals surface area contributed by atoms with Crippen LogP contribution in [0.15, 0.2) is 0 Å². The Morgan fingerprint density at radius 2 is 0.750 bits per heavy atom. The molecule has 0 saturated carbocycles. The lowest BCUT2D eigenvalue weighted by atomic mass is 9.88. The molecule has 0 aromatic carbocycles. The summed E-state index contributed by atoms with van der Waals surface area (Å²) in [6, 6.07) is 0. The molecular formula is C22H46O11S3. The van der Waals surface area contributed by atoms with Gasteiger partial charge in [-0.1, -0.05) is 20.8 Å². The van der Waals surface area contributed by atoms with Crippen LogP contribution in [-0.2, 0) is 19.2 Å². The lowest BCUT2D eigenvalue weighted by molar-refractivity contribution is -0.141. The maximum absolute atomic E-state index is 9.94. The predicted molar refractivity (Wildman–Crippen MR) is 149 cm³/mol. The number of aliphatic carboxylic acids is 4. The van der Waals surface area contributed by atoms with Gasteiger partial charge in [0.2, 0.25) is 0 Å². The fraction of sp³-hybridized carbons (Fsp3) is 0.818. The van der Waals surface area contributed by atoms with Gasteiger partial charge in [0.1, 0.15) is 14.2 Å². The topological polar surface area (TPSA) is 210 Å². The van der Waals surface area contributed by atoms with Crippen molar-refractivity contribution < 1.29 is 54.9 Å². The van der Waals surface area contributed by atoms with Crippen LogP contribution < -0.4 is 0 Å². The van der Waals surface area contributed by atoms with Gasteiger partial charge in [-0.2, -0.15) is 37.9 Å². The zero-order valence-electron chi connectivity index (χ0n) is 22.5. The minimum atomic E-state index is -0.893. The quantitative estimate of drug-likeness (QED) is 0.188. The number of carboxylic acid groups (broad SMARTS) is 4. The number of thiol groups is 3. The standard InChI is InChI=1S/C6H14O3.3C4H8O2S.C4H8O2/c1-2-6(3-7,4-8)5-9;3*1-4(2,7)3(5)6;1-3(2)4(5)6/h7-9H,2-5H2,1H3;3*7H,1-2H3,(H,5,6);3H,1-2H3,(H,5,6). The largest absolute Gasteiger partial charge is 0.481 e. The second kappa shape index (κ2) is 20.8. The molecular weight excluding hydrogens is 536 g/mol. The van der Waals surface area contributed by atoms with Crippen LogP contribution in [0, 0.1) is 11.3 Å². The van der Waals surface area contributed by atoms with Gasteiger partial charge in [-0.15, -0.1) is 0 Å². The maximum Gasteiger partial charge on any atom is 0.318 e. The molecule has 0 heterocycles. The number of carbonyl (C=O) groups is 4. The summed E-state index contributed by atoms with van der Waals surface area (Å²) in [5.74, 6) is -3.65. The highest BCUT2D eigenvalue weighted by Gasteiger charge is 2.25. The van der Waals surface area contributed by atoms with E-state index < -0.39 is 43.5 Å². The fourth-order valence-corrected chi connectivity index (χ4v) is 0.485. The van der Waals surface area contributed by atoms with Gasteiger partial charge < -0.3 is 35.7 Å². The summed E-state index contributed by atoms with van der Waals surface area (Å²) < 4.78 is -2.67. The van der Waals surface area contributed by atoms with Crippen molar-refractivity contribution in [3.63, 3.8) is 0 Å². The summed E-state index contributed by atoms with van der Waals surface area (Å²) in [6.45, 7) is 13.8. The van der Waals surface area contributed by atoms with Crippen LogP contribution in [0.4, 0.5) is 0 Å². The number of aliphatic hydroxyl groups excluding tert-OH is 3. The second-order valence-corrected chi connectivity index (χ2v) is 12.8. The van der Waals surface area contributed by atoms with Crippen molar-refractivity contribution in [2.24, 2.45) is 11.3 Å². The predicted octanol–water partition coefficient (Wildman–Crippen LogP) is 2.42. The molecule has 0 spiro atoms. The molecule has 0 aliphatic rings. The van der Waals surface area contributed by atoms with E-state index in [1.54, 1.807) is 13.8 Å². The average molecular weight is 583 g/mol. The molecule has 218 valence electrons. The van der Waals surface area contributed by atoms with Crippen LogP contribution in [-0.4, -0.2) is 93.7 Å². The molecule has 0 saturated heterocycles. The molecule has 0 aliphatic heterocycles. The van der Waals surface area contributed by atoms with Crippen LogP contribution in [0.2, 0.25) is 0 Å². The van der Waals surface area contributed by atoms with Crippen molar-refractivity contribution in [2.75, 3.05) is 19.8 Å². The van der Waals surface area contributed by atoms with Gasteiger partial charge in [-0.05, 0) is 48.0 Å². The first-order chi connectivity index (χ1) is 15.7. The van der Waals surface area contributed by atoms with Crippen LogP contribution in [0.1, 0.15) is 68.7 Å². The highest BCUT2D eigenvalue weighted by molar-refractivity contribution is 7.83. The second-order valence-electron chi connectivity index (χ2n) is 9.41. The molecule has 7 N–H and O–H groups in total.